The number of hydrogen-bond acceptors (Lipinski definition) is 4. The van der Waals surface area contributed by atoms with Crippen LogP contribution in [0.1, 0.15) is 65.2 Å². The maximum Gasteiger partial charge on any atom is 0.400 e. The van der Waals surface area contributed by atoms with Crippen molar-refractivity contribution in [2.45, 2.75) is 77.4 Å². The van der Waals surface area contributed by atoms with E-state index in [1.54, 1.807) is 0 Å². The summed E-state index contributed by atoms with van der Waals surface area (Å²) in [6.45, 7) is 4.12. The monoisotopic (exact) mass is 290 g/mol. The van der Waals surface area contributed by atoms with Gasteiger partial charge in [0.05, 0.1) is 12.2 Å². The average Bonchev–Trinajstić information content (AvgIpc) is 2.35. The van der Waals surface area contributed by atoms with Gasteiger partial charge >= 0.3 is 10.4 Å². The van der Waals surface area contributed by atoms with Crippen LogP contribution in [0, 0.1) is 11.8 Å². The van der Waals surface area contributed by atoms with E-state index in [2.05, 4.69) is 13.8 Å². The van der Waals surface area contributed by atoms with Gasteiger partial charge in [-0.2, -0.15) is 8.42 Å². The molecule has 19 heavy (non-hydrogen) atoms. The van der Waals surface area contributed by atoms with Crippen molar-refractivity contribution >= 4 is 10.4 Å². The van der Waals surface area contributed by atoms with E-state index in [0.717, 1.165) is 38.5 Å². The highest BCUT2D eigenvalue weighted by atomic mass is 32.3. The highest BCUT2D eigenvalue weighted by Crippen LogP contribution is 2.31. The molecule has 2 rings (SSSR count). The summed E-state index contributed by atoms with van der Waals surface area (Å²) in [5, 5.41) is 0. The number of rotatable bonds is 4. The van der Waals surface area contributed by atoms with Crippen LogP contribution in [0.3, 0.4) is 0 Å². The Kier molecular flexibility index (Phi) is 5.26. The molecule has 5 heteroatoms. The van der Waals surface area contributed by atoms with Crippen LogP contribution in [0.15, 0.2) is 0 Å². The van der Waals surface area contributed by atoms with Crippen molar-refractivity contribution < 1.29 is 16.8 Å². The summed E-state index contributed by atoms with van der Waals surface area (Å²) in [5.41, 5.74) is 0. The van der Waals surface area contributed by atoms with Gasteiger partial charge in [-0.3, -0.25) is 0 Å². The lowest BCUT2D eigenvalue weighted by Gasteiger charge is -2.31. The molecule has 4 nitrogen and oxygen atoms in total. The van der Waals surface area contributed by atoms with Crippen LogP contribution in [-0.4, -0.2) is 20.6 Å². The summed E-state index contributed by atoms with van der Waals surface area (Å²) in [6, 6.07) is 0. The van der Waals surface area contributed by atoms with Crippen molar-refractivity contribution in [2.24, 2.45) is 11.8 Å². The maximum absolute atomic E-state index is 12.0. The van der Waals surface area contributed by atoms with Gasteiger partial charge in [0.1, 0.15) is 0 Å². The Morgan fingerprint density at radius 2 is 1.11 bits per heavy atom. The van der Waals surface area contributed by atoms with Crippen molar-refractivity contribution in [3.63, 3.8) is 0 Å². The van der Waals surface area contributed by atoms with Gasteiger partial charge in [-0.05, 0) is 37.5 Å². The number of hydrogen-bond donors (Lipinski definition) is 0. The largest absolute Gasteiger partial charge is 0.400 e. The van der Waals surface area contributed by atoms with Crippen molar-refractivity contribution in [1.29, 1.82) is 0 Å². The van der Waals surface area contributed by atoms with Crippen molar-refractivity contribution in [1.82, 2.24) is 0 Å². The lowest BCUT2D eigenvalue weighted by Crippen LogP contribution is -2.33. The average molecular weight is 290 g/mol. The topological polar surface area (TPSA) is 52.6 Å². The van der Waals surface area contributed by atoms with Crippen molar-refractivity contribution in [3.05, 3.63) is 0 Å². The Morgan fingerprint density at radius 1 is 0.737 bits per heavy atom. The molecule has 0 aromatic rings. The smallest absolute Gasteiger partial charge is 0.245 e. The minimum Gasteiger partial charge on any atom is -0.245 e. The van der Waals surface area contributed by atoms with E-state index in [9.17, 15) is 8.42 Å². The SMILES string of the molecule is CC1CCCCC1OS(=O)(=O)OC1CCCCC1C. The molecule has 2 aliphatic carbocycles. The highest BCUT2D eigenvalue weighted by molar-refractivity contribution is 7.81. The molecule has 2 saturated carbocycles. The Balaban J connectivity index is 1.90. The minimum absolute atomic E-state index is 0.197. The van der Waals surface area contributed by atoms with E-state index in [-0.39, 0.29) is 12.2 Å². The van der Waals surface area contributed by atoms with Gasteiger partial charge in [0.15, 0.2) is 0 Å². The van der Waals surface area contributed by atoms with Gasteiger partial charge in [0, 0.05) is 0 Å². The zero-order chi connectivity index (χ0) is 13.9. The molecule has 0 aromatic heterocycles. The van der Waals surface area contributed by atoms with Gasteiger partial charge < -0.3 is 0 Å². The lowest BCUT2D eigenvalue weighted by molar-refractivity contribution is 0.0465. The van der Waals surface area contributed by atoms with E-state index in [1.165, 1.54) is 12.8 Å². The molecule has 0 radical (unpaired) electrons. The fourth-order valence-electron chi connectivity index (χ4n) is 3.18. The van der Waals surface area contributed by atoms with Gasteiger partial charge in [-0.15, -0.1) is 0 Å². The third kappa shape index (κ3) is 4.43. The normalized spacial score (nSPS) is 37.2. The van der Waals surface area contributed by atoms with Crippen LogP contribution in [0.2, 0.25) is 0 Å². The quantitative estimate of drug-likeness (QED) is 0.796. The standard InChI is InChI=1S/C14H26O4S/c1-11-7-3-5-9-13(11)17-19(15,16)18-14-10-6-4-8-12(14)2/h11-14H,3-10H2,1-2H3. The molecule has 0 aromatic carbocycles. The third-order valence-corrected chi connectivity index (χ3v) is 5.51. The van der Waals surface area contributed by atoms with Gasteiger partial charge in [-0.1, -0.05) is 39.5 Å². The molecule has 4 atom stereocenters. The molecule has 2 aliphatic rings. The molecule has 0 spiro atoms. The molecule has 0 amide bonds. The molecule has 0 heterocycles. The second kappa shape index (κ2) is 6.55. The summed E-state index contributed by atoms with van der Waals surface area (Å²) in [7, 11) is -3.85. The van der Waals surface area contributed by atoms with Crippen molar-refractivity contribution in [2.75, 3.05) is 0 Å². The Labute approximate surface area is 117 Å². The van der Waals surface area contributed by atoms with E-state index >= 15 is 0 Å². The molecule has 4 unspecified atom stereocenters. The zero-order valence-corrected chi connectivity index (χ0v) is 12.8. The summed E-state index contributed by atoms with van der Waals surface area (Å²) < 4.78 is 34.6. The van der Waals surface area contributed by atoms with Crippen LogP contribution in [0.4, 0.5) is 0 Å². The highest BCUT2D eigenvalue weighted by Gasteiger charge is 2.32. The third-order valence-electron chi connectivity index (χ3n) is 4.55. The predicted octanol–water partition coefficient (Wildman–Crippen LogP) is 3.42. The Hall–Kier alpha value is -0.130. The summed E-state index contributed by atoms with van der Waals surface area (Å²) in [6.07, 6.45) is 7.77. The first-order chi connectivity index (χ1) is 8.98. The fraction of sp³-hybridized carbons (Fsp3) is 1.00. The second-order valence-electron chi connectivity index (χ2n) is 6.20. The van der Waals surface area contributed by atoms with Crippen molar-refractivity contribution in [3.8, 4) is 0 Å². The van der Waals surface area contributed by atoms with Gasteiger partial charge in [0.2, 0.25) is 0 Å². The van der Waals surface area contributed by atoms with Crippen LogP contribution in [0.5, 0.6) is 0 Å². The summed E-state index contributed by atoms with van der Waals surface area (Å²) in [5.74, 6) is 0.604. The summed E-state index contributed by atoms with van der Waals surface area (Å²) in [4.78, 5) is 0. The van der Waals surface area contributed by atoms with Gasteiger partial charge in [-0.25, -0.2) is 8.37 Å². The first kappa shape index (κ1) is 15.3. The molecular formula is C14H26O4S. The Bertz CT molecular complexity index is 349. The summed E-state index contributed by atoms with van der Waals surface area (Å²) >= 11 is 0. The fourth-order valence-corrected chi connectivity index (χ4v) is 4.40. The lowest BCUT2D eigenvalue weighted by atomic mass is 9.88. The molecule has 112 valence electrons. The molecule has 2 fully saturated rings. The second-order valence-corrected chi connectivity index (χ2v) is 7.40. The van der Waals surface area contributed by atoms with E-state index in [0.29, 0.717) is 11.8 Å². The molecular weight excluding hydrogens is 264 g/mol. The zero-order valence-electron chi connectivity index (χ0n) is 12.0. The maximum atomic E-state index is 12.0. The molecule has 0 bridgehead atoms. The first-order valence-electron chi connectivity index (χ1n) is 7.59. The predicted molar refractivity (Wildman–Crippen MR) is 73.9 cm³/mol. The van der Waals surface area contributed by atoms with Crippen LogP contribution >= 0.6 is 0 Å². The van der Waals surface area contributed by atoms with Crippen LogP contribution < -0.4 is 0 Å². The molecule has 0 aliphatic heterocycles. The molecule has 0 saturated heterocycles. The van der Waals surface area contributed by atoms with Gasteiger partial charge in [0.25, 0.3) is 0 Å². The van der Waals surface area contributed by atoms with E-state index in [1.807, 2.05) is 0 Å². The molecule has 0 N–H and O–H groups in total. The van der Waals surface area contributed by atoms with E-state index in [4.69, 9.17) is 8.37 Å². The van der Waals surface area contributed by atoms with E-state index < -0.39 is 10.4 Å². The first-order valence-corrected chi connectivity index (χ1v) is 8.93. The minimum atomic E-state index is -3.85. The van der Waals surface area contributed by atoms with Crippen LogP contribution in [0.25, 0.3) is 0 Å². The van der Waals surface area contributed by atoms with Crippen LogP contribution in [-0.2, 0) is 18.8 Å². The Morgan fingerprint density at radius 3 is 1.47 bits per heavy atom.